The molecule has 0 radical (unpaired) electrons. The number of benzene rings is 1. The van der Waals surface area contributed by atoms with Gasteiger partial charge in [-0.1, -0.05) is 12.1 Å². The number of nitrogens with one attached hydrogen (secondary N) is 1. The second kappa shape index (κ2) is 5.93. The minimum atomic E-state index is 0.0734. The van der Waals surface area contributed by atoms with E-state index in [0.717, 1.165) is 11.4 Å². The number of hydrogen-bond acceptors (Lipinski definition) is 5. The van der Waals surface area contributed by atoms with Crippen molar-refractivity contribution >= 4 is 17.2 Å². The highest BCUT2D eigenvalue weighted by Gasteiger charge is 2.08. The van der Waals surface area contributed by atoms with Crippen LogP contribution in [0.2, 0.25) is 0 Å². The first-order valence-electron chi connectivity index (χ1n) is 6.28. The van der Waals surface area contributed by atoms with Crippen LogP contribution in [0.4, 0.5) is 17.2 Å². The van der Waals surface area contributed by atoms with Crippen LogP contribution in [-0.2, 0) is 0 Å². The molecule has 0 spiro atoms. The first kappa shape index (κ1) is 13.7. The number of ether oxygens (including phenoxy) is 1. The van der Waals surface area contributed by atoms with E-state index in [1.165, 1.54) is 6.20 Å². The van der Waals surface area contributed by atoms with E-state index < -0.39 is 0 Å². The summed E-state index contributed by atoms with van der Waals surface area (Å²) in [5, 5.41) is 11.9. The van der Waals surface area contributed by atoms with Crippen LogP contribution >= 0.6 is 0 Å². The molecular weight excluding hydrogens is 252 g/mol. The van der Waals surface area contributed by atoms with E-state index in [4.69, 9.17) is 15.7 Å². The van der Waals surface area contributed by atoms with E-state index in [1.54, 1.807) is 6.07 Å². The number of rotatable bonds is 4. The topological polar surface area (TPSA) is 84.0 Å². The second-order valence-corrected chi connectivity index (χ2v) is 4.56. The summed E-state index contributed by atoms with van der Waals surface area (Å²) in [6.07, 6.45) is 1.55. The smallest absolute Gasteiger partial charge is 0.153 e. The van der Waals surface area contributed by atoms with Gasteiger partial charge in [-0.15, -0.1) is 0 Å². The van der Waals surface area contributed by atoms with Crippen LogP contribution in [0.3, 0.4) is 0 Å². The van der Waals surface area contributed by atoms with Crippen molar-refractivity contribution in [3.8, 4) is 11.8 Å². The molecule has 1 aromatic heterocycles. The third-order valence-corrected chi connectivity index (χ3v) is 2.55. The first-order chi connectivity index (χ1) is 9.60. The Labute approximate surface area is 118 Å². The van der Waals surface area contributed by atoms with Crippen molar-refractivity contribution in [2.45, 2.75) is 20.0 Å². The van der Waals surface area contributed by atoms with Gasteiger partial charge in [0.05, 0.1) is 23.0 Å². The van der Waals surface area contributed by atoms with Crippen LogP contribution in [0, 0.1) is 11.3 Å². The lowest BCUT2D eigenvalue weighted by molar-refractivity contribution is 0.244. The Balaban J connectivity index is 2.28. The van der Waals surface area contributed by atoms with Crippen LogP contribution in [0.25, 0.3) is 0 Å². The van der Waals surface area contributed by atoms with Gasteiger partial charge in [0.2, 0.25) is 0 Å². The number of nitrogen functional groups attached to an aromatic ring is 1. The highest BCUT2D eigenvalue weighted by atomic mass is 16.5. The summed E-state index contributed by atoms with van der Waals surface area (Å²) in [7, 11) is 0. The second-order valence-electron chi connectivity index (χ2n) is 4.56. The Kier molecular flexibility index (Phi) is 4.06. The molecule has 0 atom stereocenters. The molecule has 0 fully saturated rings. The number of nitriles is 1. The molecule has 20 heavy (non-hydrogen) atoms. The zero-order valence-corrected chi connectivity index (χ0v) is 11.4. The third kappa shape index (κ3) is 3.18. The lowest BCUT2D eigenvalue weighted by Crippen LogP contribution is -2.08. The number of aromatic nitrogens is 1. The average Bonchev–Trinajstić information content (AvgIpc) is 2.42. The summed E-state index contributed by atoms with van der Waals surface area (Å²) in [5.74, 6) is 1.23. The largest absolute Gasteiger partial charge is 0.489 e. The predicted molar refractivity (Wildman–Crippen MR) is 78.9 cm³/mol. The van der Waals surface area contributed by atoms with Gasteiger partial charge < -0.3 is 15.8 Å². The maximum absolute atomic E-state index is 8.80. The maximum Gasteiger partial charge on any atom is 0.153 e. The summed E-state index contributed by atoms with van der Waals surface area (Å²) < 4.78 is 5.72. The quantitative estimate of drug-likeness (QED) is 0.890. The summed E-state index contributed by atoms with van der Waals surface area (Å²) in [4.78, 5) is 4.15. The average molecular weight is 268 g/mol. The van der Waals surface area contributed by atoms with Gasteiger partial charge in [0, 0.05) is 6.20 Å². The summed E-state index contributed by atoms with van der Waals surface area (Å²) >= 11 is 0. The third-order valence-electron chi connectivity index (χ3n) is 2.55. The van der Waals surface area contributed by atoms with Crippen molar-refractivity contribution < 1.29 is 4.74 Å². The SMILES string of the molecule is CC(C)Oc1ccccc1Nc1ncc(C#N)cc1N. The van der Waals surface area contributed by atoms with Crippen molar-refractivity contribution in [3.05, 3.63) is 42.1 Å². The maximum atomic E-state index is 8.80. The Morgan fingerprint density at radius 3 is 2.75 bits per heavy atom. The Bertz CT molecular complexity index is 647. The van der Waals surface area contributed by atoms with Gasteiger partial charge >= 0.3 is 0 Å². The first-order valence-corrected chi connectivity index (χ1v) is 6.28. The molecular formula is C15H16N4O. The standard InChI is InChI=1S/C15H16N4O/c1-10(2)20-14-6-4-3-5-13(14)19-15-12(17)7-11(8-16)9-18-15/h3-7,9-10H,17H2,1-2H3,(H,18,19). The molecule has 0 aliphatic rings. The van der Waals surface area contributed by atoms with Gasteiger partial charge in [0.15, 0.2) is 5.82 Å². The number of nitrogens with two attached hydrogens (primary N) is 1. The van der Waals surface area contributed by atoms with E-state index in [0.29, 0.717) is 17.1 Å². The predicted octanol–water partition coefficient (Wildman–Crippen LogP) is 3.07. The molecule has 0 aliphatic carbocycles. The summed E-state index contributed by atoms with van der Waals surface area (Å²) in [5.41, 5.74) is 7.51. The zero-order chi connectivity index (χ0) is 14.5. The van der Waals surface area contributed by atoms with Gasteiger partial charge in [-0.3, -0.25) is 0 Å². The normalized spacial score (nSPS) is 10.1. The zero-order valence-electron chi connectivity index (χ0n) is 11.4. The van der Waals surface area contributed by atoms with Gasteiger partial charge in [-0.25, -0.2) is 4.98 Å². The molecule has 1 aromatic carbocycles. The van der Waals surface area contributed by atoms with E-state index in [1.807, 2.05) is 44.2 Å². The van der Waals surface area contributed by atoms with Crippen LogP contribution in [0.1, 0.15) is 19.4 Å². The summed E-state index contributed by atoms with van der Waals surface area (Å²) in [6, 6.07) is 11.1. The number of pyridine rings is 1. The Morgan fingerprint density at radius 2 is 2.10 bits per heavy atom. The molecule has 0 saturated carbocycles. The lowest BCUT2D eigenvalue weighted by Gasteiger charge is -2.15. The van der Waals surface area contributed by atoms with E-state index in [2.05, 4.69) is 10.3 Å². The van der Waals surface area contributed by atoms with Crippen molar-refractivity contribution in [2.75, 3.05) is 11.1 Å². The van der Waals surface area contributed by atoms with Crippen LogP contribution in [-0.4, -0.2) is 11.1 Å². The fourth-order valence-electron chi connectivity index (χ4n) is 1.70. The molecule has 1 heterocycles. The lowest BCUT2D eigenvalue weighted by atomic mass is 10.2. The highest BCUT2D eigenvalue weighted by molar-refractivity contribution is 5.72. The van der Waals surface area contributed by atoms with E-state index >= 15 is 0 Å². The minimum Gasteiger partial charge on any atom is -0.489 e. The molecule has 5 heteroatoms. The number of para-hydroxylation sites is 2. The molecule has 0 bridgehead atoms. The molecule has 2 rings (SSSR count). The Morgan fingerprint density at radius 1 is 1.35 bits per heavy atom. The molecule has 102 valence electrons. The van der Waals surface area contributed by atoms with Crippen molar-refractivity contribution in [3.63, 3.8) is 0 Å². The van der Waals surface area contributed by atoms with Gasteiger partial charge in [0.25, 0.3) is 0 Å². The molecule has 5 nitrogen and oxygen atoms in total. The molecule has 0 unspecified atom stereocenters. The fraction of sp³-hybridized carbons (Fsp3) is 0.200. The van der Waals surface area contributed by atoms with Crippen molar-refractivity contribution in [1.82, 2.24) is 4.98 Å². The van der Waals surface area contributed by atoms with Crippen molar-refractivity contribution in [1.29, 1.82) is 5.26 Å². The number of nitrogens with zero attached hydrogens (tertiary/aromatic N) is 2. The molecule has 3 N–H and O–H groups in total. The Hall–Kier alpha value is -2.74. The highest BCUT2D eigenvalue weighted by Crippen LogP contribution is 2.29. The van der Waals surface area contributed by atoms with E-state index in [-0.39, 0.29) is 6.10 Å². The number of hydrogen-bond donors (Lipinski definition) is 2. The minimum absolute atomic E-state index is 0.0734. The van der Waals surface area contributed by atoms with Crippen LogP contribution in [0.5, 0.6) is 5.75 Å². The van der Waals surface area contributed by atoms with Crippen molar-refractivity contribution in [2.24, 2.45) is 0 Å². The van der Waals surface area contributed by atoms with Gasteiger partial charge in [-0.05, 0) is 32.0 Å². The molecule has 0 aliphatic heterocycles. The van der Waals surface area contributed by atoms with Gasteiger partial charge in [0.1, 0.15) is 11.8 Å². The van der Waals surface area contributed by atoms with Gasteiger partial charge in [-0.2, -0.15) is 5.26 Å². The number of anilines is 3. The molecule has 0 amide bonds. The van der Waals surface area contributed by atoms with Crippen LogP contribution in [0.15, 0.2) is 36.5 Å². The van der Waals surface area contributed by atoms with Crippen LogP contribution < -0.4 is 15.8 Å². The monoisotopic (exact) mass is 268 g/mol. The van der Waals surface area contributed by atoms with E-state index in [9.17, 15) is 0 Å². The fourth-order valence-corrected chi connectivity index (χ4v) is 1.70. The molecule has 2 aromatic rings. The summed E-state index contributed by atoms with van der Waals surface area (Å²) in [6.45, 7) is 3.93. The molecule has 0 saturated heterocycles.